The molecule has 1 N–H and O–H groups in total. The van der Waals surface area contributed by atoms with Gasteiger partial charge in [-0.05, 0) is 50.4 Å². The summed E-state index contributed by atoms with van der Waals surface area (Å²) in [6.45, 7) is 5.53. The summed E-state index contributed by atoms with van der Waals surface area (Å²) >= 11 is 1.56. The molecule has 0 atom stereocenters. The molecule has 0 spiro atoms. The largest absolute Gasteiger partial charge is 0.321 e. The average Bonchev–Trinajstić information content (AvgIpc) is 3.37. The Morgan fingerprint density at radius 2 is 1.90 bits per heavy atom. The highest BCUT2D eigenvalue weighted by Crippen LogP contribution is 2.29. The summed E-state index contributed by atoms with van der Waals surface area (Å²) in [5.41, 5.74) is 2.82. The van der Waals surface area contributed by atoms with Gasteiger partial charge in [0.15, 0.2) is 11.4 Å². The van der Waals surface area contributed by atoms with Crippen molar-refractivity contribution in [2.45, 2.75) is 26.8 Å². The molecule has 3 heterocycles. The fraction of sp³-hybridized carbons (Fsp3) is 0.182. The third-order valence-electron chi connectivity index (χ3n) is 4.63. The number of aromatic nitrogens is 3. The third-order valence-corrected chi connectivity index (χ3v) is 5.52. The Bertz CT molecular complexity index is 1210. The molecule has 0 radical (unpaired) electrons. The predicted octanol–water partition coefficient (Wildman–Crippen LogP) is 5.20. The van der Waals surface area contributed by atoms with Crippen LogP contribution < -0.4 is 5.32 Å². The van der Waals surface area contributed by atoms with Gasteiger partial charge in [0.2, 0.25) is 0 Å². The number of hydrogen-bond donors (Lipinski definition) is 1. The number of carbonyl (C=O) groups is 2. The third kappa shape index (κ3) is 3.56. The molecule has 0 bridgehead atoms. The van der Waals surface area contributed by atoms with E-state index in [1.165, 1.54) is 6.92 Å². The topological polar surface area (TPSA) is 76.9 Å². The molecule has 3 aromatic heterocycles. The first-order valence-electron chi connectivity index (χ1n) is 9.29. The minimum Gasteiger partial charge on any atom is -0.321 e. The van der Waals surface area contributed by atoms with Gasteiger partial charge in [0.05, 0.1) is 33.4 Å². The van der Waals surface area contributed by atoms with Gasteiger partial charge in [-0.1, -0.05) is 18.2 Å². The number of hydrogen-bond acceptors (Lipinski definition) is 5. The van der Waals surface area contributed by atoms with Gasteiger partial charge < -0.3 is 5.32 Å². The van der Waals surface area contributed by atoms with Crippen molar-refractivity contribution in [2.75, 3.05) is 5.32 Å². The number of anilines is 1. The van der Waals surface area contributed by atoms with Crippen molar-refractivity contribution >= 4 is 39.7 Å². The maximum atomic E-state index is 13.2. The van der Waals surface area contributed by atoms with E-state index < -0.39 is 0 Å². The summed E-state index contributed by atoms with van der Waals surface area (Å²) in [5.74, 6) is -0.403. The lowest BCUT2D eigenvalue weighted by Gasteiger charge is -2.12. The smallest absolute Gasteiger partial charge is 0.256 e. The van der Waals surface area contributed by atoms with Crippen LogP contribution in [0.5, 0.6) is 0 Å². The second-order valence-electron chi connectivity index (χ2n) is 7.01. The zero-order valence-corrected chi connectivity index (χ0v) is 17.2. The summed E-state index contributed by atoms with van der Waals surface area (Å²) in [4.78, 5) is 30.9. The molecule has 4 rings (SSSR count). The van der Waals surface area contributed by atoms with Crippen LogP contribution in [0, 0.1) is 0 Å². The van der Waals surface area contributed by atoms with Crippen molar-refractivity contribution in [1.82, 2.24) is 14.8 Å². The highest BCUT2D eigenvalue weighted by molar-refractivity contribution is 7.13. The van der Waals surface area contributed by atoms with E-state index in [1.54, 1.807) is 47.9 Å². The molecular weight excluding hydrogens is 384 g/mol. The second kappa shape index (κ2) is 7.60. The highest BCUT2D eigenvalue weighted by Gasteiger charge is 2.20. The van der Waals surface area contributed by atoms with Crippen molar-refractivity contribution in [1.29, 1.82) is 0 Å². The maximum absolute atomic E-state index is 13.2. The molecule has 4 aromatic rings. The molecule has 1 aromatic carbocycles. The molecule has 0 saturated carbocycles. The normalized spacial score (nSPS) is 11.2. The van der Waals surface area contributed by atoms with E-state index in [2.05, 4.69) is 10.4 Å². The van der Waals surface area contributed by atoms with Crippen LogP contribution >= 0.6 is 11.3 Å². The monoisotopic (exact) mass is 404 g/mol. The van der Waals surface area contributed by atoms with E-state index >= 15 is 0 Å². The lowest BCUT2D eigenvalue weighted by atomic mass is 10.1. The number of carbonyl (C=O) groups excluding carboxylic acids is 2. The number of rotatable bonds is 5. The summed E-state index contributed by atoms with van der Waals surface area (Å²) in [6.07, 6.45) is 1.67. The zero-order valence-electron chi connectivity index (χ0n) is 16.3. The Balaban J connectivity index is 1.84. The van der Waals surface area contributed by atoms with Crippen molar-refractivity contribution in [2.24, 2.45) is 0 Å². The SMILES string of the molecule is CC(=O)c1ccccc1NC(=O)c1cc(-c2cccs2)nc2c1cnn2C(C)C. The number of benzene rings is 1. The first-order valence-corrected chi connectivity index (χ1v) is 10.2. The van der Waals surface area contributed by atoms with Gasteiger partial charge in [0.25, 0.3) is 5.91 Å². The van der Waals surface area contributed by atoms with E-state index in [0.29, 0.717) is 27.8 Å². The number of amides is 1. The van der Waals surface area contributed by atoms with Crippen molar-refractivity contribution in [3.05, 3.63) is 65.2 Å². The zero-order chi connectivity index (χ0) is 20.5. The van der Waals surface area contributed by atoms with Crippen LogP contribution in [0.2, 0.25) is 0 Å². The van der Waals surface area contributed by atoms with Gasteiger partial charge >= 0.3 is 0 Å². The number of para-hydroxylation sites is 1. The Morgan fingerprint density at radius 3 is 2.59 bits per heavy atom. The van der Waals surface area contributed by atoms with Crippen LogP contribution in [0.25, 0.3) is 21.6 Å². The molecule has 0 aliphatic carbocycles. The summed E-state index contributed by atoms with van der Waals surface area (Å²) in [5, 5.41) is 9.98. The number of Topliss-reactive ketones (excluding diaryl/α,β-unsaturated/α-hetero) is 1. The van der Waals surface area contributed by atoms with Gasteiger partial charge in [-0.3, -0.25) is 9.59 Å². The molecule has 0 aliphatic heterocycles. The Labute approximate surface area is 172 Å². The van der Waals surface area contributed by atoms with Crippen molar-refractivity contribution < 1.29 is 9.59 Å². The van der Waals surface area contributed by atoms with Gasteiger partial charge in [-0.25, -0.2) is 9.67 Å². The molecule has 0 saturated heterocycles. The van der Waals surface area contributed by atoms with Crippen molar-refractivity contribution in [3.8, 4) is 10.6 Å². The molecule has 0 aliphatic rings. The molecule has 7 heteroatoms. The molecule has 1 amide bonds. The number of ketones is 1. The fourth-order valence-corrected chi connectivity index (χ4v) is 3.91. The number of nitrogens with one attached hydrogen (secondary N) is 1. The van der Waals surface area contributed by atoms with E-state index in [-0.39, 0.29) is 17.7 Å². The number of nitrogens with zero attached hydrogens (tertiary/aromatic N) is 3. The van der Waals surface area contributed by atoms with E-state index in [4.69, 9.17) is 4.98 Å². The van der Waals surface area contributed by atoms with Crippen LogP contribution in [0.3, 0.4) is 0 Å². The van der Waals surface area contributed by atoms with E-state index in [0.717, 1.165) is 10.6 Å². The standard InChI is InChI=1S/C22H20N4O2S/c1-13(2)26-21-17(12-23-26)16(11-19(24-21)20-9-6-10-29-20)22(28)25-18-8-5-4-7-15(18)14(3)27/h4-13H,1-3H3,(H,25,28). The van der Waals surface area contributed by atoms with E-state index in [9.17, 15) is 9.59 Å². The minimum atomic E-state index is -0.299. The Hall–Kier alpha value is -3.32. The highest BCUT2D eigenvalue weighted by atomic mass is 32.1. The molecule has 0 fully saturated rings. The second-order valence-corrected chi connectivity index (χ2v) is 7.96. The Morgan fingerprint density at radius 1 is 1.10 bits per heavy atom. The number of thiophene rings is 1. The van der Waals surface area contributed by atoms with Crippen LogP contribution in [0.4, 0.5) is 5.69 Å². The lowest BCUT2D eigenvalue weighted by molar-refractivity contribution is 0.101. The molecular formula is C22H20N4O2S. The first-order chi connectivity index (χ1) is 14.0. The quantitative estimate of drug-likeness (QED) is 0.464. The fourth-order valence-electron chi connectivity index (χ4n) is 3.22. The summed E-state index contributed by atoms with van der Waals surface area (Å²) < 4.78 is 1.81. The number of pyridine rings is 1. The average molecular weight is 404 g/mol. The van der Waals surface area contributed by atoms with Gasteiger partial charge in [-0.2, -0.15) is 5.10 Å². The maximum Gasteiger partial charge on any atom is 0.256 e. The minimum absolute atomic E-state index is 0.104. The van der Waals surface area contributed by atoms with Gasteiger partial charge in [-0.15, -0.1) is 11.3 Å². The Kier molecular flexibility index (Phi) is 4.98. The number of fused-ring (bicyclic) bond motifs is 1. The van der Waals surface area contributed by atoms with Crippen LogP contribution in [-0.4, -0.2) is 26.5 Å². The van der Waals surface area contributed by atoms with Gasteiger partial charge in [0, 0.05) is 11.6 Å². The van der Waals surface area contributed by atoms with Crippen LogP contribution in [0.15, 0.2) is 54.0 Å². The lowest BCUT2D eigenvalue weighted by Crippen LogP contribution is -2.15. The molecule has 146 valence electrons. The summed E-state index contributed by atoms with van der Waals surface area (Å²) in [7, 11) is 0. The van der Waals surface area contributed by atoms with Crippen molar-refractivity contribution in [3.63, 3.8) is 0 Å². The molecule has 0 unspecified atom stereocenters. The first kappa shape index (κ1) is 19.0. The predicted molar refractivity (Wildman–Crippen MR) is 116 cm³/mol. The summed E-state index contributed by atoms with van der Waals surface area (Å²) in [6, 6.07) is 12.8. The van der Waals surface area contributed by atoms with E-state index in [1.807, 2.05) is 36.0 Å². The van der Waals surface area contributed by atoms with Gasteiger partial charge in [0.1, 0.15) is 0 Å². The van der Waals surface area contributed by atoms with Crippen LogP contribution in [-0.2, 0) is 0 Å². The molecule has 29 heavy (non-hydrogen) atoms. The molecule has 6 nitrogen and oxygen atoms in total. The van der Waals surface area contributed by atoms with Crippen LogP contribution in [0.1, 0.15) is 47.5 Å².